The largest absolute Gasteiger partial charge is 0.392 e. The standard InChI is InChI=1S/C23H39N3O3S/c1-6-7-10-25-22-26-19-15(3)18-20(27)16(14(2)21(28)24-11-12-29-5)8-9-23(18,4)13-17(19)30-22/h14-16,18,20,27H,6-13H2,1-5H3,(H,24,28)(H,25,26)/t14-,15-,16?,18+,20-,23-/m0/s1. The van der Waals surface area contributed by atoms with E-state index in [1.807, 2.05) is 6.92 Å². The molecule has 1 aromatic heterocycles. The minimum atomic E-state index is -0.492. The Kier molecular flexibility index (Phi) is 7.80. The number of rotatable bonds is 9. The monoisotopic (exact) mass is 437 g/mol. The molecule has 7 heteroatoms. The fourth-order valence-electron chi connectivity index (χ4n) is 5.63. The number of nitrogens with one attached hydrogen (secondary N) is 2. The van der Waals surface area contributed by atoms with Crippen molar-refractivity contribution in [2.75, 3.05) is 32.1 Å². The summed E-state index contributed by atoms with van der Waals surface area (Å²) in [4.78, 5) is 18.9. The summed E-state index contributed by atoms with van der Waals surface area (Å²) < 4.78 is 5.03. The predicted octanol–water partition coefficient (Wildman–Crippen LogP) is 3.81. The average Bonchev–Trinajstić information content (AvgIpc) is 3.10. The van der Waals surface area contributed by atoms with E-state index in [0.29, 0.717) is 13.2 Å². The average molecular weight is 438 g/mol. The van der Waals surface area contributed by atoms with Gasteiger partial charge >= 0.3 is 0 Å². The van der Waals surface area contributed by atoms with Crippen LogP contribution in [-0.4, -0.2) is 48.9 Å². The zero-order valence-corrected chi connectivity index (χ0v) is 20.0. The van der Waals surface area contributed by atoms with E-state index in [2.05, 4.69) is 31.4 Å². The lowest BCUT2D eigenvalue weighted by Gasteiger charge is -2.53. The van der Waals surface area contributed by atoms with Gasteiger partial charge < -0.3 is 20.5 Å². The maximum absolute atomic E-state index is 12.6. The number of methoxy groups -OCH3 is 1. The highest BCUT2D eigenvalue weighted by Gasteiger charge is 2.53. The van der Waals surface area contributed by atoms with E-state index in [0.717, 1.165) is 43.1 Å². The molecule has 1 unspecified atom stereocenters. The first kappa shape index (κ1) is 23.5. The molecule has 6 atom stereocenters. The van der Waals surface area contributed by atoms with Gasteiger partial charge in [0.15, 0.2) is 5.13 Å². The molecular weight excluding hydrogens is 398 g/mol. The molecule has 6 nitrogen and oxygen atoms in total. The molecule has 1 fully saturated rings. The van der Waals surface area contributed by atoms with Crippen LogP contribution in [0.25, 0.3) is 0 Å². The van der Waals surface area contributed by atoms with Gasteiger partial charge in [0.25, 0.3) is 0 Å². The normalized spacial score (nSPS) is 31.5. The minimum Gasteiger partial charge on any atom is -0.392 e. The molecular formula is C23H39N3O3S. The van der Waals surface area contributed by atoms with Crippen molar-refractivity contribution in [3.63, 3.8) is 0 Å². The number of hydrogen-bond acceptors (Lipinski definition) is 6. The van der Waals surface area contributed by atoms with E-state index >= 15 is 0 Å². The summed E-state index contributed by atoms with van der Waals surface area (Å²) in [7, 11) is 1.63. The second kappa shape index (κ2) is 9.96. The Morgan fingerprint density at radius 2 is 2.20 bits per heavy atom. The van der Waals surface area contributed by atoms with Crippen LogP contribution in [0.1, 0.15) is 69.9 Å². The Morgan fingerprint density at radius 1 is 1.43 bits per heavy atom. The van der Waals surface area contributed by atoms with Crippen molar-refractivity contribution in [3.05, 3.63) is 10.6 Å². The highest BCUT2D eigenvalue weighted by atomic mass is 32.1. The first-order valence-electron chi connectivity index (χ1n) is 11.5. The van der Waals surface area contributed by atoms with Crippen LogP contribution in [-0.2, 0) is 16.0 Å². The number of hydrogen-bond donors (Lipinski definition) is 3. The molecule has 2 aliphatic carbocycles. The lowest BCUT2D eigenvalue weighted by Crippen LogP contribution is -2.53. The third kappa shape index (κ3) is 4.68. The summed E-state index contributed by atoms with van der Waals surface area (Å²) in [5.74, 6) is 0.105. The van der Waals surface area contributed by atoms with E-state index < -0.39 is 6.10 Å². The molecule has 0 spiro atoms. The molecule has 170 valence electrons. The molecule has 30 heavy (non-hydrogen) atoms. The van der Waals surface area contributed by atoms with Gasteiger partial charge in [-0.3, -0.25) is 4.79 Å². The summed E-state index contributed by atoms with van der Waals surface area (Å²) in [6.45, 7) is 10.7. The number of ether oxygens (including phenoxy) is 1. The Morgan fingerprint density at radius 3 is 2.90 bits per heavy atom. The van der Waals surface area contributed by atoms with Crippen molar-refractivity contribution in [1.82, 2.24) is 10.3 Å². The summed E-state index contributed by atoms with van der Waals surface area (Å²) >= 11 is 1.79. The van der Waals surface area contributed by atoms with E-state index in [1.54, 1.807) is 18.4 Å². The van der Waals surface area contributed by atoms with Crippen LogP contribution in [0.15, 0.2) is 0 Å². The first-order chi connectivity index (χ1) is 14.3. The maximum atomic E-state index is 12.6. The van der Waals surface area contributed by atoms with Gasteiger partial charge in [-0.05, 0) is 42.9 Å². The maximum Gasteiger partial charge on any atom is 0.223 e. The van der Waals surface area contributed by atoms with Crippen molar-refractivity contribution < 1.29 is 14.6 Å². The SMILES string of the molecule is CCCCNc1nc2c(s1)C[C@]1(C)CCC([C@H](C)C(=O)NCCOC)[C@H](O)[C@H]1[C@@H]2C. The summed E-state index contributed by atoms with van der Waals surface area (Å²) in [6, 6.07) is 0. The number of aromatic nitrogens is 1. The summed E-state index contributed by atoms with van der Waals surface area (Å²) in [5, 5.41) is 18.9. The van der Waals surface area contributed by atoms with Crippen LogP contribution in [0.5, 0.6) is 0 Å². The number of carbonyl (C=O) groups is 1. The summed E-state index contributed by atoms with van der Waals surface area (Å²) in [6.07, 6.45) is 4.71. The van der Waals surface area contributed by atoms with Gasteiger partial charge in [0.05, 0.1) is 18.4 Å². The van der Waals surface area contributed by atoms with Crippen molar-refractivity contribution >= 4 is 22.4 Å². The highest BCUT2D eigenvalue weighted by molar-refractivity contribution is 7.15. The van der Waals surface area contributed by atoms with Crippen LogP contribution in [0.4, 0.5) is 5.13 Å². The number of fused-ring (bicyclic) bond motifs is 2. The Bertz CT molecular complexity index is 725. The topological polar surface area (TPSA) is 83.5 Å². The van der Waals surface area contributed by atoms with E-state index in [1.165, 1.54) is 11.3 Å². The quantitative estimate of drug-likeness (QED) is 0.512. The number of carbonyl (C=O) groups excluding carboxylic acids is 1. The second-order valence-corrected chi connectivity index (χ2v) is 10.6. The van der Waals surface area contributed by atoms with Gasteiger partial charge in [-0.2, -0.15) is 0 Å². The van der Waals surface area contributed by atoms with Crippen molar-refractivity contribution in [3.8, 4) is 0 Å². The van der Waals surface area contributed by atoms with Gasteiger partial charge in [-0.1, -0.05) is 34.1 Å². The van der Waals surface area contributed by atoms with E-state index in [4.69, 9.17) is 9.72 Å². The number of thiazole rings is 1. The number of unbranched alkanes of at least 4 members (excludes halogenated alkanes) is 1. The zero-order valence-electron chi connectivity index (χ0n) is 19.2. The van der Waals surface area contributed by atoms with Crippen LogP contribution < -0.4 is 10.6 Å². The third-order valence-electron chi connectivity index (χ3n) is 7.39. The molecule has 1 heterocycles. The van der Waals surface area contributed by atoms with Gasteiger partial charge in [0.2, 0.25) is 5.91 Å². The smallest absolute Gasteiger partial charge is 0.223 e. The van der Waals surface area contributed by atoms with Crippen LogP contribution in [0.3, 0.4) is 0 Å². The Labute approximate surface area is 185 Å². The molecule has 1 saturated carbocycles. The molecule has 0 aromatic carbocycles. The van der Waals surface area contributed by atoms with Gasteiger partial charge in [0.1, 0.15) is 0 Å². The number of nitrogens with zero attached hydrogens (tertiary/aromatic N) is 1. The zero-order chi connectivity index (χ0) is 21.9. The molecule has 0 radical (unpaired) electrons. The van der Waals surface area contributed by atoms with Crippen molar-refractivity contribution in [2.45, 2.75) is 71.8 Å². The molecule has 0 aliphatic heterocycles. The molecule has 0 saturated heterocycles. The minimum absolute atomic E-state index is 0.0138. The molecule has 3 rings (SSSR count). The number of amides is 1. The van der Waals surface area contributed by atoms with Gasteiger partial charge in [-0.15, -0.1) is 11.3 Å². The lowest BCUT2D eigenvalue weighted by molar-refractivity contribution is -0.135. The summed E-state index contributed by atoms with van der Waals surface area (Å²) in [5.41, 5.74) is 1.21. The molecule has 0 bridgehead atoms. The van der Waals surface area contributed by atoms with Crippen LogP contribution >= 0.6 is 11.3 Å². The Hall–Kier alpha value is -1.18. The number of aliphatic hydroxyl groups is 1. The predicted molar refractivity (Wildman–Crippen MR) is 122 cm³/mol. The molecule has 3 N–H and O–H groups in total. The molecule has 1 amide bonds. The highest BCUT2D eigenvalue weighted by Crippen LogP contribution is 2.57. The Balaban J connectivity index is 1.74. The third-order valence-corrected chi connectivity index (χ3v) is 8.42. The van der Waals surface area contributed by atoms with Crippen molar-refractivity contribution in [1.29, 1.82) is 0 Å². The van der Waals surface area contributed by atoms with Gasteiger partial charge in [-0.25, -0.2) is 4.98 Å². The van der Waals surface area contributed by atoms with Crippen molar-refractivity contribution in [2.24, 2.45) is 23.2 Å². The fourth-order valence-corrected chi connectivity index (χ4v) is 6.92. The number of anilines is 1. The van der Waals surface area contributed by atoms with Gasteiger partial charge in [0, 0.05) is 36.9 Å². The van der Waals surface area contributed by atoms with E-state index in [-0.39, 0.29) is 35.0 Å². The van der Waals surface area contributed by atoms with E-state index in [9.17, 15) is 9.90 Å². The fraction of sp³-hybridized carbons (Fsp3) is 0.826. The molecule has 1 aromatic rings. The second-order valence-electron chi connectivity index (χ2n) is 9.52. The first-order valence-corrected chi connectivity index (χ1v) is 12.3. The van der Waals surface area contributed by atoms with Crippen LogP contribution in [0.2, 0.25) is 0 Å². The lowest BCUT2D eigenvalue weighted by atomic mass is 9.53. The number of aliphatic hydroxyl groups excluding tert-OH is 1. The van der Waals surface area contributed by atoms with Crippen LogP contribution in [0, 0.1) is 23.2 Å². The molecule has 2 aliphatic rings.